The molecule has 21 heavy (non-hydrogen) atoms. The van der Waals surface area contributed by atoms with Gasteiger partial charge in [-0.2, -0.15) is 15.0 Å². The van der Waals surface area contributed by atoms with Gasteiger partial charge in [0.15, 0.2) is 0 Å². The van der Waals surface area contributed by atoms with Gasteiger partial charge in [-0.1, -0.05) is 13.8 Å². The van der Waals surface area contributed by atoms with Crippen molar-refractivity contribution in [2.75, 3.05) is 50.1 Å². The van der Waals surface area contributed by atoms with Gasteiger partial charge in [-0.15, -0.1) is 0 Å². The number of rotatable bonds is 7. The Bertz CT molecular complexity index is 451. The van der Waals surface area contributed by atoms with Crippen molar-refractivity contribution in [2.24, 2.45) is 0 Å². The van der Waals surface area contributed by atoms with E-state index in [2.05, 4.69) is 43.9 Å². The van der Waals surface area contributed by atoms with Gasteiger partial charge in [-0.05, 0) is 26.4 Å². The van der Waals surface area contributed by atoms with Crippen LogP contribution < -0.4 is 15.0 Å². The van der Waals surface area contributed by atoms with Crippen LogP contribution in [-0.2, 0) is 0 Å². The van der Waals surface area contributed by atoms with Crippen molar-refractivity contribution < 1.29 is 4.74 Å². The van der Waals surface area contributed by atoms with Crippen LogP contribution in [0.25, 0.3) is 0 Å². The normalized spacial score (nSPS) is 18.3. The van der Waals surface area contributed by atoms with E-state index in [4.69, 9.17) is 4.74 Å². The zero-order chi connectivity index (χ0) is 15.2. The maximum absolute atomic E-state index is 5.43. The summed E-state index contributed by atoms with van der Waals surface area (Å²) < 4.78 is 5.43. The maximum atomic E-state index is 5.43. The first kappa shape index (κ1) is 15.8. The molecule has 0 radical (unpaired) electrons. The number of likely N-dealkylation sites (N-methyl/N-ethyl adjacent to an activating group) is 1. The molecule has 0 saturated carbocycles. The molecule has 0 bridgehead atoms. The number of hydrogen-bond acceptors (Lipinski definition) is 7. The fourth-order valence-electron chi connectivity index (χ4n) is 2.75. The van der Waals surface area contributed by atoms with E-state index in [1.54, 1.807) is 7.05 Å². The first-order valence-electron chi connectivity index (χ1n) is 7.77. The minimum Gasteiger partial charge on any atom is -0.464 e. The van der Waals surface area contributed by atoms with Crippen LogP contribution in [-0.4, -0.2) is 65.7 Å². The molecule has 7 heteroatoms. The van der Waals surface area contributed by atoms with Gasteiger partial charge < -0.3 is 15.0 Å². The molecule has 1 aromatic heterocycles. The van der Waals surface area contributed by atoms with E-state index in [1.165, 1.54) is 0 Å². The van der Waals surface area contributed by atoms with Gasteiger partial charge in [0.1, 0.15) is 0 Å². The number of ether oxygens (including phenoxy) is 1. The minimum atomic E-state index is 0.387. The van der Waals surface area contributed by atoms with Crippen LogP contribution in [0, 0.1) is 0 Å². The van der Waals surface area contributed by atoms with Gasteiger partial charge in [0.05, 0.1) is 6.61 Å². The molecule has 0 amide bonds. The first-order valence-corrected chi connectivity index (χ1v) is 7.77. The maximum Gasteiger partial charge on any atom is 0.323 e. The first-order chi connectivity index (χ1) is 10.2. The molecule has 1 N–H and O–H groups in total. The Hall–Kier alpha value is -1.63. The zero-order valence-electron chi connectivity index (χ0n) is 13.5. The number of nitrogens with one attached hydrogen (secondary N) is 1. The van der Waals surface area contributed by atoms with Crippen LogP contribution in [0.5, 0.6) is 6.01 Å². The summed E-state index contributed by atoms with van der Waals surface area (Å²) in [4.78, 5) is 17.8. The molecule has 7 nitrogen and oxygen atoms in total. The minimum absolute atomic E-state index is 0.387. The van der Waals surface area contributed by atoms with Crippen molar-refractivity contribution in [1.29, 1.82) is 0 Å². The molecule has 1 unspecified atom stereocenters. The monoisotopic (exact) mass is 294 g/mol. The van der Waals surface area contributed by atoms with Crippen molar-refractivity contribution >= 4 is 11.9 Å². The average molecular weight is 294 g/mol. The fraction of sp³-hybridized carbons (Fsp3) is 0.786. The molecule has 1 atom stereocenters. The standard InChI is InChI=1S/C14H26N6O/c1-5-19(6-2)11-8-9-20(10-11)13-16-12(15-4)17-14(18-13)21-7-3/h11H,5-10H2,1-4H3,(H,15,16,17,18). The smallest absolute Gasteiger partial charge is 0.323 e. The van der Waals surface area contributed by atoms with Crippen molar-refractivity contribution in [2.45, 2.75) is 33.2 Å². The van der Waals surface area contributed by atoms with E-state index < -0.39 is 0 Å². The van der Waals surface area contributed by atoms with Gasteiger partial charge in [-0.3, -0.25) is 4.90 Å². The highest BCUT2D eigenvalue weighted by Gasteiger charge is 2.28. The van der Waals surface area contributed by atoms with E-state index in [0.717, 1.165) is 32.6 Å². The van der Waals surface area contributed by atoms with Crippen molar-refractivity contribution in [3.05, 3.63) is 0 Å². The quantitative estimate of drug-likeness (QED) is 0.811. The van der Waals surface area contributed by atoms with Crippen molar-refractivity contribution in [3.8, 4) is 6.01 Å². The van der Waals surface area contributed by atoms with Crippen LogP contribution in [0.4, 0.5) is 11.9 Å². The Morgan fingerprint density at radius 2 is 2.00 bits per heavy atom. The Balaban J connectivity index is 2.13. The van der Waals surface area contributed by atoms with E-state index in [0.29, 0.717) is 30.6 Å². The lowest BCUT2D eigenvalue weighted by Crippen LogP contribution is -2.37. The lowest BCUT2D eigenvalue weighted by molar-refractivity contribution is 0.232. The molecule has 1 fully saturated rings. The molecule has 1 aliphatic rings. The van der Waals surface area contributed by atoms with E-state index in [1.807, 2.05) is 6.92 Å². The third-order valence-electron chi connectivity index (χ3n) is 3.88. The number of aromatic nitrogens is 3. The second kappa shape index (κ2) is 7.40. The molecule has 2 heterocycles. The second-order valence-corrected chi connectivity index (χ2v) is 5.03. The highest BCUT2D eigenvalue weighted by atomic mass is 16.5. The van der Waals surface area contributed by atoms with Gasteiger partial charge >= 0.3 is 6.01 Å². The predicted octanol–water partition coefficient (Wildman–Crippen LogP) is 1.23. The van der Waals surface area contributed by atoms with Crippen molar-refractivity contribution in [1.82, 2.24) is 19.9 Å². The van der Waals surface area contributed by atoms with E-state index in [-0.39, 0.29) is 0 Å². The summed E-state index contributed by atoms with van der Waals surface area (Å²) in [6.07, 6.45) is 1.15. The third-order valence-corrected chi connectivity index (χ3v) is 3.88. The van der Waals surface area contributed by atoms with Crippen LogP contribution in [0.3, 0.4) is 0 Å². The summed E-state index contributed by atoms with van der Waals surface area (Å²) in [7, 11) is 1.80. The zero-order valence-corrected chi connectivity index (χ0v) is 13.5. The molecule has 1 aliphatic heterocycles. The summed E-state index contributed by atoms with van der Waals surface area (Å²) in [5.41, 5.74) is 0. The highest BCUT2D eigenvalue weighted by Crippen LogP contribution is 2.22. The second-order valence-electron chi connectivity index (χ2n) is 5.03. The SMILES string of the molecule is CCOc1nc(NC)nc(N2CCC(N(CC)CC)C2)n1. The molecular formula is C14H26N6O. The predicted molar refractivity (Wildman–Crippen MR) is 84.1 cm³/mol. The summed E-state index contributed by atoms with van der Waals surface area (Å²) in [5, 5.41) is 2.97. The van der Waals surface area contributed by atoms with Crippen LogP contribution in [0.15, 0.2) is 0 Å². The molecule has 2 rings (SSSR count). The fourth-order valence-corrected chi connectivity index (χ4v) is 2.75. The topological polar surface area (TPSA) is 66.4 Å². The number of hydrogen-bond donors (Lipinski definition) is 1. The van der Waals surface area contributed by atoms with Crippen LogP contribution in [0.2, 0.25) is 0 Å². The molecule has 0 aromatic carbocycles. The van der Waals surface area contributed by atoms with E-state index in [9.17, 15) is 0 Å². The summed E-state index contributed by atoms with van der Waals surface area (Å²) in [6, 6.07) is 0.962. The summed E-state index contributed by atoms with van der Waals surface area (Å²) in [6.45, 7) is 11.0. The number of nitrogens with zero attached hydrogens (tertiary/aromatic N) is 5. The van der Waals surface area contributed by atoms with E-state index >= 15 is 0 Å². The van der Waals surface area contributed by atoms with Gasteiger partial charge in [0.25, 0.3) is 0 Å². The Labute approximate surface area is 126 Å². The summed E-state index contributed by atoms with van der Waals surface area (Å²) in [5.74, 6) is 1.25. The van der Waals surface area contributed by atoms with Crippen molar-refractivity contribution in [3.63, 3.8) is 0 Å². The van der Waals surface area contributed by atoms with Crippen LogP contribution >= 0.6 is 0 Å². The lowest BCUT2D eigenvalue weighted by atomic mass is 10.2. The third kappa shape index (κ3) is 3.72. The lowest BCUT2D eigenvalue weighted by Gasteiger charge is -2.26. The Morgan fingerprint density at radius 3 is 2.62 bits per heavy atom. The molecule has 1 aromatic rings. The van der Waals surface area contributed by atoms with Gasteiger partial charge in [0.2, 0.25) is 11.9 Å². The Kier molecular flexibility index (Phi) is 5.55. The highest BCUT2D eigenvalue weighted by molar-refractivity contribution is 5.39. The summed E-state index contributed by atoms with van der Waals surface area (Å²) >= 11 is 0. The molecule has 118 valence electrons. The van der Waals surface area contributed by atoms with Gasteiger partial charge in [0, 0.05) is 26.2 Å². The van der Waals surface area contributed by atoms with Gasteiger partial charge in [-0.25, -0.2) is 0 Å². The molecule has 1 saturated heterocycles. The molecule has 0 spiro atoms. The Morgan fingerprint density at radius 1 is 1.24 bits per heavy atom. The number of anilines is 2. The molecular weight excluding hydrogens is 268 g/mol. The molecule has 0 aliphatic carbocycles. The average Bonchev–Trinajstić information content (AvgIpc) is 2.98. The van der Waals surface area contributed by atoms with Crippen LogP contribution in [0.1, 0.15) is 27.2 Å². The largest absolute Gasteiger partial charge is 0.464 e.